The van der Waals surface area contributed by atoms with Crippen LogP contribution in [0.15, 0.2) is 0 Å². The van der Waals surface area contributed by atoms with Crippen molar-refractivity contribution in [3.63, 3.8) is 0 Å². The zero-order valence-corrected chi connectivity index (χ0v) is 30.8. The van der Waals surface area contributed by atoms with Gasteiger partial charge in [0.25, 0.3) is 0 Å². The van der Waals surface area contributed by atoms with Gasteiger partial charge < -0.3 is 53.4 Å². The summed E-state index contributed by atoms with van der Waals surface area (Å²) in [4.78, 5) is 75.4. The molecule has 2 aliphatic rings. The molecule has 2 aliphatic heterocycles. The van der Waals surface area contributed by atoms with Crippen molar-refractivity contribution in [2.45, 2.75) is 144 Å². The molecule has 0 aromatic carbocycles. The predicted molar refractivity (Wildman–Crippen MR) is 169 cm³/mol. The number of carbonyl (C=O) groups excluding carboxylic acids is 6. The Hall–Kier alpha value is -3.38. The number of hydrogen-bond donors (Lipinski definition) is 3. The lowest BCUT2D eigenvalue weighted by atomic mass is 9.93. The lowest BCUT2D eigenvalue weighted by Gasteiger charge is -2.48. The second kappa shape index (κ2) is 16.8. The highest BCUT2D eigenvalue weighted by Gasteiger charge is 2.56. The van der Waals surface area contributed by atoms with Gasteiger partial charge in [-0.05, 0) is 62.3 Å². The van der Waals surface area contributed by atoms with Gasteiger partial charge in [0.1, 0.15) is 43.7 Å². The van der Waals surface area contributed by atoms with Gasteiger partial charge in [-0.2, -0.15) is 0 Å². The van der Waals surface area contributed by atoms with E-state index < -0.39 is 127 Å². The molecule has 0 bridgehead atoms. The monoisotopic (exact) mass is 719 g/mol. The van der Waals surface area contributed by atoms with Crippen molar-refractivity contribution in [1.82, 2.24) is 5.32 Å². The van der Waals surface area contributed by atoms with Crippen LogP contribution in [0.1, 0.15) is 83.1 Å². The van der Waals surface area contributed by atoms with E-state index >= 15 is 0 Å². The van der Waals surface area contributed by atoms with Crippen molar-refractivity contribution in [1.29, 1.82) is 0 Å². The number of aliphatic hydroxyl groups is 2. The number of hydrogen-bond acceptors (Lipinski definition) is 16. The van der Waals surface area contributed by atoms with E-state index in [4.69, 9.17) is 37.9 Å². The van der Waals surface area contributed by atoms with Crippen LogP contribution in [0.3, 0.4) is 0 Å². The maximum absolute atomic E-state index is 13.3. The quantitative estimate of drug-likeness (QED) is 0.208. The molecular weight excluding hydrogens is 666 g/mol. The minimum atomic E-state index is -1.79. The van der Waals surface area contributed by atoms with E-state index in [2.05, 4.69) is 5.32 Å². The van der Waals surface area contributed by atoms with E-state index in [1.807, 2.05) is 0 Å². The maximum Gasteiger partial charge on any atom is 0.311 e. The fourth-order valence-corrected chi connectivity index (χ4v) is 4.74. The average molecular weight is 720 g/mol. The van der Waals surface area contributed by atoms with Gasteiger partial charge in [-0.1, -0.05) is 0 Å². The van der Waals surface area contributed by atoms with Crippen LogP contribution in [-0.2, 0) is 66.7 Å². The van der Waals surface area contributed by atoms with Crippen LogP contribution in [0.4, 0.5) is 0 Å². The van der Waals surface area contributed by atoms with E-state index in [0.717, 1.165) is 20.8 Å². The molecule has 2 fully saturated rings. The van der Waals surface area contributed by atoms with Gasteiger partial charge in [0, 0.05) is 20.8 Å². The predicted octanol–water partition coefficient (Wildman–Crippen LogP) is 0.679. The number of esters is 5. The summed E-state index contributed by atoms with van der Waals surface area (Å²) in [5.74, 6) is -4.49. The second-order valence-electron chi connectivity index (χ2n) is 15.4. The van der Waals surface area contributed by atoms with Crippen molar-refractivity contribution in [3.8, 4) is 0 Å². The van der Waals surface area contributed by atoms with Gasteiger partial charge in [-0.25, -0.2) is 0 Å². The van der Waals surface area contributed by atoms with Crippen LogP contribution >= 0.6 is 0 Å². The largest absolute Gasteiger partial charge is 0.462 e. The zero-order valence-electron chi connectivity index (χ0n) is 30.8. The summed E-state index contributed by atoms with van der Waals surface area (Å²) < 4.78 is 45.7. The molecule has 0 saturated carbocycles. The number of carbonyl (C=O) groups is 6. The molecular formula is C33H53NO16. The van der Waals surface area contributed by atoms with E-state index in [1.54, 1.807) is 62.3 Å². The van der Waals surface area contributed by atoms with Gasteiger partial charge >= 0.3 is 29.8 Å². The molecule has 0 aromatic rings. The number of rotatable bonds is 10. The highest BCUT2D eigenvalue weighted by molar-refractivity contribution is 5.76. The molecule has 17 nitrogen and oxygen atoms in total. The Labute approximate surface area is 291 Å². The van der Waals surface area contributed by atoms with Gasteiger partial charge in [0.05, 0.1) is 16.2 Å². The molecule has 2 heterocycles. The Morgan fingerprint density at radius 3 is 1.46 bits per heavy atom. The number of amides is 1. The third-order valence-corrected chi connectivity index (χ3v) is 7.39. The molecule has 0 unspecified atom stereocenters. The first-order valence-corrected chi connectivity index (χ1v) is 16.2. The Morgan fingerprint density at radius 1 is 0.600 bits per heavy atom. The Morgan fingerprint density at radius 2 is 1.04 bits per heavy atom. The molecule has 17 heteroatoms. The van der Waals surface area contributed by atoms with Crippen molar-refractivity contribution >= 4 is 35.8 Å². The summed E-state index contributed by atoms with van der Waals surface area (Å²) in [6.07, 6.45) is -14.6. The third-order valence-electron chi connectivity index (χ3n) is 7.39. The van der Waals surface area contributed by atoms with E-state index in [0.29, 0.717) is 0 Å². The van der Waals surface area contributed by atoms with Crippen LogP contribution in [0.25, 0.3) is 0 Å². The van der Waals surface area contributed by atoms with Crippen molar-refractivity contribution < 1.29 is 76.9 Å². The van der Waals surface area contributed by atoms with E-state index in [-0.39, 0.29) is 0 Å². The molecule has 50 heavy (non-hydrogen) atoms. The van der Waals surface area contributed by atoms with E-state index in [9.17, 15) is 39.0 Å². The lowest BCUT2D eigenvalue weighted by molar-refractivity contribution is -0.348. The van der Waals surface area contributed by atoms with Gasteiger partial charge in [0.2, 0.25) is 5.91 Å². The van der Waals surface area contributed by atoms with Gasteiger partial charge in [0.15, 0.2) is 30.9 Å². The SMILES string of the molecule is CC(=O)N[C@@H]1[C@@H](O)[C@H](O[C@@H]2O[C@H](COC(=O)C(C)(C)C)[C@H](OC(C)=O)[C@H](OC(=O)C(C)(C)C)[C@H]2OC(C)=O)[C@@H](COC(=O)C(C)(C)C)O[C@H]1O. The second-order valence-corrected chi connectivity index (χ2v) is 15.4. The maximum atomic E-state index is 13.3. The smallest absolute Gasteiger partial charge is 0.311 e. The highest BCUT2D eigenvalue weighted by Crippen LogP contribution is 2.35. The highest BCUT2D eigenvalue weighted by atomic mass is 16.8. The summed E-state index contributed by atoms with van der Waals surface area (Å²) in [6, 6.07) is -1.46. The van der Waals surface area contributed by atoms with E-state index in [1.165, 1.54) is 0 Å². The standard InChI is InChI=1S/C33H53NO16/c1-15(35)34-20-21(38)22(18(47-26(20)39)13-43-28(40)31(4,5)6)49-27-25(46-17(3)37)24(50-30(42)33(10,11)12)23(45-16(2)36)19(48-27)14-44-29(41)32(7,8)9/h18-27,38-39H,13-14H2,1-12H3,(H,34,35)/t18-,19-,20-,21-,22-,23+,24+,25-,26-,27+/m1/s1. The van der Waals surface area contributed by atoms with Crippen LogP contribution in [-0.4, -0.2) is 121 Å². The topological polar surface area (TPSA) is 229 Å². The summed E-state index contributed by atoms with van der Waals surface area (Å²) in [5, 5.41) is 24.5. The Kier molecular flexibility index (Phi) is 14.3. The molecule has 286 valence electrons. The third kappa shape index (κ3) is 11.9. The van der Waals surface area contributed by atoms with Crippen molar-refractivity contribution in [2.75, 3.05) is 13.2 Å². The normalized spacial score (nSPS) is 30.4. The lowest BCUT2D eigenvalue weighted by Crippen LogP contribution is -2.68. The van der Waals surface area contributed by atoms with Crippen molar-refractivity contribution in [3.05, 3.63) is 0 Å². The fraction of sp³-hybridized carbons (Fsp3) is 0.818. The van der Waals surface area contributed by atoms with Gasteiger partial charge in [-0.3, -0.25) is 28.8 Å². The van der Waals surface area contributed by atoms with Crippen LogP contribution in [0.2, 0.25) is 0 Å². The summed E-state index contributed by atoms with van der Waals surface area (Å²) in [6.45, 7) is 16.4. The first-order chi connectivity index (χ1) is 22.7. The minimum Gasteiger partial charge on any atom is -0.462 e. The molecule has 2 saturated heterocycles. The zero-order chi connectivity index (χ0) is 38.5. The molecule has 0 spiro atoms. The molecule has 2 rings (SSSR count). The first-order valence-electron chi connectivity index (χ1n) is 16.2. The molecule has 0 aromatic heterocycles. The minimum absolute atomic E-state index is 0.558. The van der Waals surface area contributed by atoms with Crippen LogP contribution in [0, 0.1) is 16.2 Å². The summed E-state index contributed by atoms with van der Waals surface area (Å²) in [5.41, 5.74) is -3.01. The van der Waals surface area contributed by atoms with Crippen molar-refractivity contribution in [2.24, 2.45) is 16.2 Å². The average Bonchev–Trinajstić information content (AvgIpc) is 2.94. The molecule has 3 N–H and O–H groups in total. The Balaban J connectivity index is 2.68. The Bertz CT molecular complexity index is 1250. The molecule has 10 atom stereocenters. The number of nitrogens with one attached hydrogen (secondary N) is 1. The molecule has 0 radical (unpaired) electrons. The van der Waals surface area contributed by atoms with Crippen LogP contribution in [0.5, 0.6) is 0 Å². The summed E-state index contributed by atoms with van der Waals surface area (Å²) >= 11 is 0. The molecule has 0 aliphatic carbocycles. The fourth-order valence-electron chi connectivity index (χ4n) is 4.74. The number of aliphatic hydroxyl groups excluding tert-OH is 2. The van der Waals surface area contributed by atoms with Crippen LogP contribution < -0.4 is 5.32 Å². The summed E-state index contributed by atoms with van der Waals surface area (Å²) in [7, 11) is 0. The first kappa shape index (κ1) is 42.8. The molecule has 1 amide bonds. The van der Waals surface area contributed by atoms with Gasteiger partial charge in [-0.15, -0.1) is 0 Å². The number of ether oxygens (including phenoxy) is 8.